The fraction of sp³-hybridized carbons (Fsp3) is 0.148. The van der Waals surface area contributed by atoms with Gasteiger partial charge in [0.25, 0.3) is 0 Å². The number of nitro groups is 1. The van der Waals surface area contributed by atoms with Crippen molar-refractivity contribution in [3.8, 4) is 6.07 Å². The second kappa shape index (κ2) is 11.2. The number of aromatic nitrogens is 2. The van der Waals surface area contributed by atoms with E-state index in [-0.39, 0.29) is 17.3 Å². The Balaban J connectivity index is 1.66. The molecule has 0 aliphatic rings. The van der Waals surface area contributed by atoms with Gasteiger partial charge in [-0.15, -0.1) is 0 Å². The Morgan fingerprint density at radius 3 is 2.27 bits per heavy atom. The molecule has 0 amide bonds. The third-order valence-electron chi connectivity index (χ3n) is 5.87. The van der Waals surface area contributed by atoms with Gasteiger partial charge in [-0.3, -0.25) is 10.1 Å². The van der Waals surface area contributed by atoms with Crippen LogP contribution in [-0.2, 0) is 6.42 Å². The molecule has 0 bridgehead atoms. The standard InChI is InChI=1S/C27H22Cl2N6O2/c1-3-17-4-10-20(11-5-17)33-26-25(35(36)37)27(32-15-31-26)34-24-13-23(29)21(12-16(24)2)22(14-30)18-6-8-19(28)9-7-18/h4-13,15,22H,3H2,1-2H3,(H2,31,32,33,34). The highest BCUT2D eigenvalue weighted by atomic mass is 35.5. The van der Waals surface area contributed by atoms with Crippen LogP contribution in [0.1, 0.15) is 35.1 Å². The second-order valence-corrected chi connectivity index (χ2v) is 9.12. The van der Waals surface area contributed by atoms with Crippen LogP contribution in [0.25, 0.3) is 0 Å². The molecular formula is C27H22Cl2N6O2. The highest BCUT2D eigenvalue weighted by Gasteiger charge is 2.25. The second-order valence-electron chi connectivity index (χ2n) is 8.28. The van der Waals surface area contributed by atoms with Crippen LogP contribution in [0.5, 0.6) is 0 Å². The van der Waals surface area contributed by atoms with Gasteiger partial charge in [0.1, 0.15) is 6.33 Å². The van der Waals surface area contributed by atoms with Crippen LogP contribution >= 0.6 is 23.2 Å². The maximum atomic E-state index is 12.0. The largest absolute Gasteiger partial charge is 0.353 e. The van der Waals surface area contributed by atoms with Crippen molar-refractivity contribution in [2.24, 2.45) is 0 Å². The smallest absolute Gasteiger partial charge is 0.334 e. The van der Waals surface area contributed by atoms with Crippen molar-refractivity contribution in [2.75, 3.05) is 10.6 Å². The molecule has 0 fully saturated rings. The number of rotatable bonds is 8. The maximum Gasteiger partial charge on any atom is 0.353 e. The predicted molar refractivity (Wildman–Crippen MR) is 146 cm³/mol. The van der Waals surface area contributed by atoms with Crippen molar-refractivity contribution in [1.29, 1.82) is 5.26 Å². The predicted octanol–water partition coefficient (Wildman–Crippen LogP) is 7.71. The molecule has 0 saturated carbocycles. The van der Waals surface area contributed by atoms with E-state index in [0.717, 1.165) is 23.1 Å². The van der Waals surface area contributed by atoms with E-state index in [1.165, 1.54) is 6.33 Å². The Kier molecular flexibility index (Phi) is 7.87. The molecule has 10 heteroatoms. The van der Waals surface area contributed by atoms with E-state index >= 15 is 0 Å². The van der Waals surface area contributed by atoms with Gasteiger partial charge in [0.2, 0.25) is 11.6 Å². The molecule has 8 nitrogen and oxygen atoms in total. The number of anilines is 4. The SMILES string of the molecule is CCc1ccc(Nc2ncnc(Nc3cc(Cl)c(C(C#N)c4ccc(Cl)cc4)cc3C)c2[N+](=O)[O-])cc1. The van der Waals surface area contributed by atoms with Gasteiger partial charge in [0.05, 0.1) is 16.9 Å². The van der Waals surface area contributed by atoms with E-state index in [9.17, 15) is 15.4 Å². The number of nitriles is 1. The first-order valence-corrected chi connectivity index (χ1v) is 12.1. The van der Waals surface area contributed by atoms with Crippen LogP contribution < -0.4 is 10.6 Å². The lowest BCUT2D eigenvalue weighted by Crippen LogP contribution is -2.07. The zero-order valence-corrected chi connectivity index (χ0v) is 21.5. The highest BCUT2D eigenvalue weighted by Crippen LogP contribution is 2.38. The molecule has 0 radical (unpaired) electrons. The highest BCUT2D eigenvalue weighted by molar-refractivity contribution is 6.32. The molecule has 0 aliphatic carbocycles. The molecule has 1 unspecified atom stereocenters. The number of benzene rings is 3. The van der Waals surface area contributed by atoms with E-state index in [1.807, 2.05) is 31.2 Å². The zero-order valence-electron chi connectivity index (χ0n) is 20.0. The summed E-state index contributed by atoms with van der Waals surface area (Å²) in [7, 11) is 0. The maximum absolute atomic E-state index is 12.0. The minimum Gasteiger partial charge on any atom is -0.334 e. The minimum absolute atomic E-state index is 0.00845. The Morgan fingerprint density at radius 2 is 1.68 bits per heavy atom. The van der Waals surface area contributed by atoms with Crippen molar-refractivity contribution in [2.45, 2.75) is 26.2 Å². The lowest BCUT2D eigenvalue weighted by molar-refractivity contribution is -0.383. The van der Waals surface area contributed by atoms with Gasteiger partial charge in [0.15, 0.2) is 0 Å². The van der Waals surface area contributed by atoms with Crippen LogP contribution in [0.15, 0.2) is 67.0 Å². The van der Waals surface area contributed by atoms with Crippen LogP contribution in [0.2, 0.25) is 10.0 Å². The molecule has 2 N–H and O–H groups in total. The van der Waals surface area contributed by atoms with Crippen molar-refractivity contribution >= 4 is 51.9 Å². The molecule has 1 atom stereocenters. The normalized spacial score (nSPS) is 11.4. The molecule has 186 valence electrons. The summed E-state index contributed by atoms with van der Waals surface area (Å²) in [6.45, 7) is 3.87. The fourth-order valence-electron chi connectivity index (χ4n) is 3.86. The van der Waals surface area contributed by atoms with Crippen LogP contribution in [-0.4, -0.2) is 14.9 Å². The molecule has 0 saturated heterocycles. The summed E-state index contributed by atoms with van der Waals surface area (Å²) in [5, 5.41) is 28.8. The lowest BCUT2D eigenvalue weighted by Gasteiger charge is -2.17. The summed E-state index contributed by atoms with van der Waals surface area (Å²) in [6, 6.07) is 20.3. The Bertz CT molecular complexity index is 1490. The average molecular weight is 533 g/mol. The third-order valence-corrected chi connectivity index (χ3v) is 6.45. The zero-order chi connectivity index (χ0) is 26.5. The summed E-state index contributed by atoms with van der Waals surface area (Å²) >= 11 is 12.6. The first kappa shape index (κ1) is 25.9. The number of nitrogens with one attached hydrogen (secondary N) is 2. The molecule has 0 aliphatic heterocycles. The van der Waals surface area contributed by atoms with E-state index in [1.54, 1.807) is 36.4 Å². The Labute approximate surface area is 224 Å². The van der Waals surface area contributed by atoms with Gasteiger partial charge < -0.3 is 10.6 Å². The number of hydrogen-bond donors (Lipinski definition) is 2. The van der Waals surface area contributed by atoms with Crippen LogP contribution in [0.4, 0.5) is 28.7 Å². The first-order chi connectivity index (χ1) is 17.8. The number of hydrogen-bond acceptors (Lipinski definition) is 7. The molecule has 1 heterocycles. The van der Waals surface area contributed by atoms with Gasteiger partial charge in [-0.05, 0) is 65.9 Å². The van der Waals surface area contributed by atoms with Crippen LogP contribution in [0, 0.1) is 28.4 Å². The number of halogens is 2. The van der Waals surface area contributed by atoms with E-state index in [2.05, 4.69) is 33.6 Å². The van der Waals surface area contributed by atoms with Crippen molar-refractivity contribution in [3.05, 3.63) is 109 Å². The van der Waals surface area contributed by atoms with Gasteiger partial charge in [-0.25, -0.2) is 9.97 Å². The summed E-state index contributed by atoms with van der Waals surface area (Å²) in [5.74, 6) is -0.547. The number of aryl methyl sites for hydroxylation is 2. The van der Waals surface area contributed by atoms with Crippen LogP contribution in [0.3, 0.4) is 0 Å². The Hall–Kier alpha value is -4.19. The first-order valence-electron chi connectivity index (χ1n) is 11.4. The molecule has 4 rings (SSSR count). The summed E-state index contributed by atoms with van der Waals surface area (Å²) < 4.78 is 0. The average Bonchev–Trinajstić information content (AvgIpc) is 2.88. The van der Waals surface area contributed by atoms with Crippen molar-refractivity contribution in [3.63, 3.8) is 0 Å². The monoisotopic (exact) mass is 532 g/mol. The van der Waals surface area contributed by atoms with E-state index in [4.69, 9.17) is 23.2 Å². The minimum atomic E-state index is -0.610. The van der Waals surface area contributed by atoms with Gasteiger partial charge in [-0.1, -0.05) is 60.5 Å². The van der Waals surface area contributed by atoms with Crippen molar-refractivity contribution in [1.82, 2.24) is 9.97 Å². The molecule has 3 aromatic carbocycles. The molecule has 1 aromatic heterocycles. The molecule has 37 heavy (non-hydrogen) atoms. The lowest BCUT2D eigenvalue weighted by atomic mass is 9.91. The quantitative estimate of drug-likeness (QED) is 0.176. The topological polar surface area (TPSA) is 117 Å². The van der Waals surface area contributed by atoms with Crippen molar-refractivity contribution < 1.29 is 4.92 Å². The molecule has 4 aromatic rings. The van der Waals surface area contributed by atoms with Gasteiger partial charge in [-0.2, -0.15) is 5.26 Å². The number of nitrogens with zero attached hydrogens (tertiary/aromatic N) is 4. The third kappa shape index (κ3) is 5.80. The summed E-state index contributed by atoms with van der Waals surface area (Å²) in [6.07, 6.45) is 2.13. The Morgan fingerprint density at radius 1 is 1.03 bits per heavy atom. The van der Waals surface area contributed by atoms with E-state index < -0.39 is 10.8 Å². The fourth-order valence-corrected chi connectivity index (χ4v) is 4.26. The van der Waals surface area contributed by atoms with Gasteiger partial charge in [0, 0.05) is 21.4 Å². The summed E-state index contributed by atoms with van der Waals surface area (Å²) in [5.41, 5.74) is 4.12. The molecular weight excluding hydrogens is 511 g/mol. The van der Waals surface area contributed by atoms with Gasteiger partial charge >= 0.3 is 5.69 Å². The van der Waals surface area contributed by atoms with E-state index in [0.29, 0.717) is 27.0 Å². The summed E-state index contributed by atoms with van der Waals surface area (Å²) in [4.78, 5) is 19.7. The molecule has 0 spiro atoms.